The van der Waals surface area contributed by atoms with Crippen LogP contribution in [0.1, 0.15) is 0 Å². The second-order valence-corrected chi connectivity index (χ2v) is 7.57. The summed E-state index contributed by atoms with van der Waals surface area (Å²) in [5.74, 6) is 0. The van der Waals surface area contributed by atoms with Gasteiger partial charge in [-0.05, 0) is 12.1 Å². The number of hydrogen-bond donors (Lipinski definition) is 0. The molecule has 14 heteroatoms. The van der Waals surface area contributed by atoms with E-state index >= 15 is 0 Å². The minimum atomic E-state index is -0.434. The Balaban J connectivity index is 1.42. The number of hydrogen-bond acceptors (Lipinski definition) is 10. The van der Waals surface area contributed by atoms with E-state index in [2.05, 4.69) is 30.2 Å². The van der Waals surface area contributed by atoms with Crippen molar-refractivity contribution in [3.05, 3.63) is 81.9 Å². The van der Waals surface area contributed by atoms with Crippen LogP contribution in [0.4, 0.5) is 22.7 Å². The summed E-state index contributed by atoms with van der Waals surface area (Å²) in [6.45, 7) is 2.52. The van der Waals surface area contributed by atoms with Crippen molar-refractivity contribution in [1.29, 1.82) is 0 Å². The zero-order valence-electron chi connectivity index (χ0n) is 17.7. The number of piperazine rings is 1. The van der Waals surface area contributed by atoms with Crippen LogP contribution >= 0.6 is 0 Å². The van der Waals surface area contributed by atoms with Crippen LogP contribution in [0.25, 0.3) is 11.4 Å². The van der Waals surface area contributed by atoms with E-state index in [1.807, 2.05) is 0 Å². The van der Waals surface area contributed by atoms with E-state index in [1.54, 1.807) is 21.3 Å². The summed E-state index contributed by atoms with van der Waals surface area (Å²) in [5.41, 5.74) is 2.85. The van der Waals surface area contributed by atoms with E-state index in [-0.39, 0.29) is 11.4 Å². The van der Waals surface area contributed by atoms with Gasteiger partial charge >= 0.3 is 0 Å². The van der Waals surface area contributed by atoms with Crippen LogP contribution in [0.2, 0.25) is 0 Å². The summed E-state index contributed by atoms with van der Waals surface area (Å²) >= 11 is 0. The molecule has 0 saturated carbocycles. The van der Waals surface area contributed by atoms with Crippen LogP contribution < -0.4 is 9.80 Å². The molecule has 34 heavy (non-hydrogen) atoms. The number of anilines is 2. The highest BCUT2D eigenvalue weighted by Gasteiger charge is 2.24. The van der Waals surface area contributed by atoms with Gasteiger partial charge in [0.1, 0.15) is 25.3 Å². The second-order valence-electron chi connectivity index (χ2n) is 7.57. The van der Waals surface area contributed by atoms with Gasteiger partial charge in [0, 0.05) is 50.4 Å². The first kappa shape index (κ1) is 21.0. The molecule has 0 spiro atoms. The minimum absolute atomic E-state index is 0.0180. The number of rotatable bonds is 6. The third kappa shape index (κ3) is 3.87. The fraction of sp³-hybridized carbons (Fsp3) is 0.200. The van der Waals surface area contributed by atoms with E-state index < -0.39 is 9.85 Å². The Morgan fingerprint density at radius 3 is 1.26 bits per heavy atom. The summed E-state index contributed by atoms with van der Waals surface area (Å²) < 4.78 is 3.30. The maximum Gasteiger partial charge on any atom is 0.271 e. The lowest BCUT2D eigenvalue weighted by Crippen LogP contribution is -2.47. The molecule has 1 fully saturated rings. The maximum atomic E-state index is 11.3. The number of non-ortho nitro benzene ring substituents is 2. The first-order chi connectivity index (χ1) is 16.5. The van der Waals surface area contributed by atoms with Crippen LogP contribution in [0.15, 0.2) is 61.7 Å². The van der Waals surface area contributed by atoms with Crippen LogP contribution in [0.5, 0.6) is 0 Å². The molecule has 1 saturated heterocycles. The van der Waals surface area contributed by atoms with Crippen molar-refractivity contribution in [2.24, 2.45) is 0 Å². The molecule has 1 aliphatic heterocycles. The van der Waals surface area contributed by atoms with Gasteiger partial charge in [-0.25, -0.2) is 0 Å². The largest absolute Gasteiger partial charge is 0.366 e. The summed E-state index contributed by atoms with van der Waals surface area (Å²) in [4.78, 5) is 26.0. The molecule has 0 bridgehead atoms. The van der Waals surface area contributed by atoms with Crippen LogP contribution in [-0.4, -0.2) is 65.6 Å². The monoisotopic (exact) mass is 462 g/mol. The molecular weight excluding hydrogens is 444 g/mol. The highest BCUT2D eigenvalue weighted by Crippen LogP contribution is 2.32. The van der Waals surface area contributed by atoms with Gasteiger partial charge in [-0.1, -0.05) is 0 Å². The summed E-state index contributed by atoms with van der Waals surface area (Å²) in [7, 11) is 0. The van der Waals surface area contributed by atoms with Crippen LogP contribution in [0.3, 0.4) is 0 Å². The summed E-state index contributed by atoms with van der Waals surface area (Å²) in [5, 5.41) is 37.9. The number of nitrogens with zero attached hydrogens (tertiary/aromatic N) is 10. The molecule has 3 heterocycles. The highest BCUT2D eigenvalue weighted by atomic mass is 16.6. The van der Waals surface area contributed by atoms with Crippen molar-refractivity contribution >= 4 is 22.7 Å². The smallest absolute Gasteiger partial charge is 0.271 e. The predicted octanol–water partition coefficient (Wildman–Crippen LogP) is 1.99. The Kier molecular flexibility index (Phi) is 5.29. The Morgan fingerprint density at radius 2 is 0.941 bits per heavy atom. The minimum Gasteiger partial charge on any atom is -0.366 e. The molecular formula is C20H18N10O4. The Bertz CT molecular complexity index is 1230. The molecule has 0 aliphatic carbocycles. The number of aromatic nitrogens is 6. The zero-order valence-corrected chi connectivity index (χ0v) is 17.7. The van der Waals surface area contributed by atoms with Gasteiger partial charge in [-0.2, -0.15) is 0 Å². The van der Waals surface area contributed by atoms with E-state index in [9.17, 15) is 20.2 Å². The quantitative estimate of drug-likeness (QED) is 0.307. The Labute approximate surface area is 192 Å². The predicted molar refractivity (Wildman–Crippen MR) is 120 cm³/mol. The lowest BCUT2D eigenvalue weighted by molar-refractivity contribution is -0.385. The Morgan fingerprint density at radius 1 is 0.588 bits per heavy atom. The molecule has 4 aromatic rings. The summed E-state index contributed by atoms with van der Waals surface area (Å²) in [6, 6.07) is 9.44. The third-order valence-electron chi connectivity index (χ3n) is 5.69. The molecule has 0 unspecified atom stereocenters. The highest BCUT2D eigenvalue weighted by molar-refractivity contribution is 5.69. The van der Waals surface area contributed by atoms with Gasteiger partial charge in [-0.3, -0.25) is 29.4 Å². The molecule has 2 aromatic heterocycles. The zero-order chi connectivity index (χ0) is 23.7. The molecule has 0 amide bonds. The standard InChI is InChI=1S/C20H18N10O4/c31-29(32)15-1-3-17(19(9-15)27-11-21-22-12-27)25-5-7-26(8-6-25)18-4-2-16(30(33)34)10-20(18)28-13-23-24-14-28/h1-4,9-14H,5-8H2. The van der Waals surface area contributed by atoms with E-state index in [0.29, 0.717) is 37.6 Å². The van der Waals surface area contributed by atoms with Gasteiger partial charge in [0.2, 0.25) is 0 Å². The van der Waals surface area contributed by atoms with E-state index in [4.69, 9.17) is 0 Å². The van der Waals surface area contributed by atoms with Crippen molar-refractivity contribution in [3.63, 3.8) is 0 Å². The van der Waals surface area contributed by atoms with Crippen molar-refractivity contribution < 1.29 is 9.85 Å². The van der Waals surface area contributed by atoms with Crippen LogP contribution in [0, 0.1) is 20.2 Å². The van der Waals surface area contributed by atoms with E-state index in [1.165, 1.54) is 49.6 Å². The molecule has 0 radical (unpaired) electrons. The normalized spacial score (nSPS) is 13.8. The molecule has 14 nitrogen and oxygen atoms in total. The number of benzene rings is 2. The Hall–Kier alpha value is -4.88. The lowest BCUT2D eigenvalue weighted by atomic mass is 10.1. The van der Waals surface area contributed by atoms with Gasteiger partial charge in [0.15, 0.2) is 0 Å². The van der Waals surface area contributed by atoms with Gasteiger partial charge in [0.05, 0.1) is 32.6 Å². The van der Waals surface area contributed by atoms with Gasteiger partial charge in [-0.15, -0.1) is 20.4 Å². The van der Waals surface area contributed by atoms with Gasteiger partial charge in [0.25, 0.3) is 11.4 Å². The number of nitro benzene ring substituents is 2. The van der Waals surface area contributed by atoms with Crippen molar-refractivity contribution in [3.8, 4) is 11.4 Å². The molecule has 0 N–H and O–H groups in total. The molecule has 2 aromatic carbocycles. The fourth-order valence-corrected chi connectivity index (χ4v) is 4.04. The topological polar surface area (TPSA) is 154 Å². The number of nitro groups is 2. The van der Waals surface area contributed by atoms with Crippen LogP contribution in [-0.2, 0) is 0 Å². The molecule has 5 rings (SSSR count). The lowest BCUT2D eigenvalue weighted by Gasteiger charge is -2.38. The average molecular weight is 462 g/mol. The summed E-state index contributed by atoms with van der Waals surface area (Å²) in [6.07, 6.45) is 6.00. The van der Waals surface area contributed by atoms with E-state index in [0.717, 1.165) is 11.4 Å². The first-order valence-electron chi connectivity index (χ1n) is 10.3. The fourth-order valence-electron chi connectivity index (χ4n) is 4.04. The first-order valence-corrected chi connectivity index (χ1v) is 10.3. The van der Waals surface area contributed by atoms with Gasteiger partial charge < -0.3 is 9.80 Å². The van der Waals surface area contributed by atoms with Crippen molar-refractivity contribution in [2.45, 2.75) is 0 Å². The van der Waals surface area contributed by atoms with Crippen molar-refractivity contribution in [2.75, 3.05) is 36.0 Å². The maximum absolute atomic E-state index is 11.3. The molecule has 0 atom stereocenters. The molecule has 1 aliphatic rings. The van der Waals surface area contributed by atoms with Crippen molar-refractivity contribution in [1.82, 2.24) is 29.5 Å². The third-order valence-corrected chi connectivity index (χ3v) is 5.69. The molecule has 172 valence electrons. The average Bonchev–Trinajstić information content (AvgIpc) is 3.58. The SMILES string of the molecule is O=[N+]([O-])c1ccc(N2CCN(c3ccc([N+](=O)[O-])cc3-n3cnnc3)CC2)c(-n2cnnc2)c1. The second kappa shape index (κ2) is 8.57.